The molecule has 3 amide bonds. The number of fused-ring (bicyclic) bond motifs is 1. The highest BCUT2D eigenvalue weighted by Gasteiger charge is 2.45. The van der Waals surface area contributed by atoms with E-state index in [4.69, 9.17) is 5.73 Å². The Hall–Kier alpha value is -2.22. The molecule has 1 unspecified atom stereocenters. The van der Waals surface area contributed by atoms with Crippen LogP contribution in [0.25, 0.3) is 0 Å². The van der Waals surface area contributed by atoms with Gasteiger partial charge in [-0.05, 0) is 38.0 Å². The van der Waals surface area contributed by atoms with Gasteiger partial charge in [-0.3, -0.25) is 19.2 Å². The van der Waals surface area contributed by atoms with Crippen LogP contribution in [0.4, 0.5) is 0 Å². The Morgan fingerprint density at radius 3 is 2.29 bits per heavy atom. The molecule has 8 heteroatoms. The normalized spacial score (nSPS) is 28.1. The molecule has 2 fully saturated rings. The Morgan fingerprint density at radius 2 is 1.68 bits per heavy atom. The summed E-state index contributed by atoms with van der Waals surface area (Å²) < 4.78 is 0. The van der Waals surface area contributed by atoms with Gasteiger partial charge in [-0.15, -0.1) is 0 Å². The zero-order chi connectivity index (χ0) is 25.1. The van der Waals surface area contributed by atoms with Gasteiger partial charge in [0.15, 0.2) is 0 Å². The summed E-state index contributed by atoms with van der Waals surface area (Å²) in [7, 11) is 0. The van der Waals surface area contributed by atoms with E-state index < -0.39 is 29.8 Å². The highest BCUT2D eigenvalue weighted by molar-refractivity contribution is 6.38. The summed E-state index contributed by atoms with van der Waals surface area (Å²) in [6.45, 7) is 6.67. The summed E-state index contributed by atoms with van der Waals surface area (Å²) in [5.41, 5.74) is 6.24. The third kappa shape index (κ3) is 7.93. The Kier molecular flexibility index (Phi) is 11.7. The lowest BCUT2D eigenvalue weighted by Gasteiger charge is -2.32. The first-order chi connectivity index (χ1) is 16.3. The number of amides is 3. The van der Waals surface area contributed by atoms with E-state index >= 15 is 0 Å². The largest absolute Gasteiger partial charge is 0.346 e. The van der Waals surface area contributed by atoms with Crippen LogP contribution < -0.4 is 16.4 Å². The predicted octanol–water partition coefficient (Wildman–Crippen LogP) is 2.46. The molecule has 2 aliphatic rings. The Bertz CT molecular complexity index is 736. The van der Waals surface area contributed by atoms with Crippen molar-refractivity contribution in [1.29, 1.82) is 0 Å². The van der Waals surface area contributed by atoms with Crippen LogP contribution >= 0.6 is 0 Å². The second-order valence-corrected chi connectivity index (χ2v) is 10.0. The van der Waals surface area contributed by atoms with Gasteiger partial charge in [0, 0.05) is 13.1 Å². The molecule has 192 valence electrons. The quantitative estimate of drug-likeness (QED) is 0.416. The standard InChI is InChI=1S/C26H44N4O4/c1-4-5-16-28-25(33)23(31)21-14-12-10-8-6-7-9-11-13-20(27)26(34)30-17-15-19(18(2)3)22(30)24(32)29-21/h4-5,18-22H,6-17,27H2,1-3H3,(H,28,33)(H,29,32)/b5-4+/t19?,20-,21-,22-/m0/s1. The van der Waals surface area contributed by atoms with Crippen LogP contribution in [-0.2, 0) is 19.2 Å². The van der Waals surface area contributed by atoms with Gasteiger partial charge in [-0.2, -0.15) is 0 Å². The van der Waals surface area contributed by atoms with E-state index in [2.05, 4.69) is 10.6 Å². The molecular formula is C26H44N4O4. The number of carbonyl (C=O) groups is 4. The predicted molar refractivity (Wildman–Crippen MR) is 133 cm³/mol. The molecule has 0 radical (unpaired) electrons. The first-order valence-electron chi connectivity index (χ1n) is 13.1. The second kappa shape index (κ2) is 14.2. The molecule has 0 aromatic rings. The lowest BCUT2D eigenvalue weighted by atomic mass is 9.87. The first kappa shape index (κ1) is 28.0. The molecule has 4 atom stereocenters. The van der Waals surface area contributed by atoms with Crippen molar-refractivity contribution in [1.82, 2.24) is 15.5 Å². The van der Waals surface area contributed by atoms with Crippen molar-refractivity contribution in [3.8, 4) is 0 Å². The molecule has 0 spiro atoms. The van der Waals surface area contributed by atoms with Crippen molar-refractivity contribution < 1.29 is 19.2 Å². The molecule has 2 aliphatic heterocycles. The van der Waals surface area contributed by atoms with Crippen molar-refractivity contribution in [3.05, 3.63) is 12.2 Å². The van der Waals surface area contributed by atoms with E-state index in [1.807, 2.05) is 20.8 Å². The molecule has 8 nitrogen and oxygen atoms in total. The van der Waals surface area contributed by atoms with Crippen LogP contribution in [0.15, 0.2) is 12.2 Å². The molecular weight excluding hydrogens is 432 g/mol. The maximum atomic E-state index is 13.5. The molecule has 4 N–H and O–H groups in total. The summed E-state index contributed by atoms with van der Waals surface area (Å²) in [6, 6.07) is -2.19. The fraction of sp³-hybridized carbons (Fsp3) is 0.769. The van der Waals surface area contributed by atoms with Crippen LogP contribution in [0.2, 0.25) is 0 Å². The van der Waals surface area contributed by atoms with Crippen LogP contribution in [0, 0.1) is 11.8 Å². The highest BCUT2D eigenvalue weighted by atomic mass is 16.2. The number of allylic oxidation sites excluding steroid dienone is 1. The number of carbonyl (C=O) groups excluding carboxylic acids is 4. The van der Waals surface area contributed by atoms with E-state index in [0.29, 0.717) is 19.4 Å². The summed E-state index contributed by atoms with van der Waals surface area (Å²) in [4.78, 5) is 53.7. The number of ketones is 1. The molecule has 2 heterocycles. The second-order valence-electron chi connectivity index (χ2n) is 10.0. The number of Topliss-reactive ketones (excluding diaryl/α,β-unsaturated/α-hetero) is 1. The minimum absolute atomic E-state index is 0.0192. The van der Waals surface area contributed by atoms with Crippen LogP contribution in [-0.4, -0.2) is 59.6 Å². The smallest absolute Gasteiger partial charge is 0.289 e. The van der Waals surface area contributed by atoms with E-state index in [1.165, 1.54) is 0 Å². The monoisotopic (exact) mass is 476 g/mol. The van der Waals surface area contributed by atoms with E-state index in [1.54, 1.807) is 17.1 Å². The van der Waals surface area contributed by atoms with Crippen molar-refractivity contribution in [2.45, 2.75) is 103 Å². The van der Waals surface area contributed by atoms with Crippen molar-refractivity contribution in [2.75, 3.05) is 13.1 Å². The minimum atomic E-state index is -0.898. The summed E-state index contributed by atoms with van der Waals surface area (Å²) in [5, 5.41) is 5.45. The molecule has 2 rings (SSSR count). The van der Waals surface area contributed by atoms with E-state index in [0.717, 1.165) is 51.4 Å². The van der Waals surface area contributed by atoms with Gasteiger partial charge in [0.05, 0.1) is 12.1 Å². The molecule has 0 aromatic heterocycles. The van der Waals surface area contributed by atoms with Gasteiger partial charge in [-0.25, -0.2) is 0 Å². The molecule has 0 bridgehead atoms. The number of rotatable bonds is 5. The van der Waals surface area contributed by atoms with E-state index in [-0.39, 0.29) is 30.2 Å². The number of nitrogens with one attached hydrogen (secondary N) is 2. The van der Waals surface area contributed by atoms with Crippen molar-refractivity contribution in [2.24, 2.45) is 17.6 Å². The third-order valence-corrected chi connectivity index (χ3v) is 7.15. The molecule has 0 aliphatic carbocycles. The van der Waals surface area contributed by atoms with Crippen LogP contribution in [0.1, 0.15) is 85.0 Å². The van der Waals surface area contributed by atoms with Gasteiger partial charge in [-0.1, -0.05) is 70.9 Å². The lowest BCUT2D eigenvalue weighted by Crippen LogP contribution is -2.57. The third-order valence-electron chi connectivity index (χ3n) is 7.15. The van der Waals surface area contributed by atoms with Crippen LogP contribution in [0.3, 0.4) is 0 Å². The number of hydrogen-bond acceptors (Lipinski definition) is 5. The maximum Gasteiger partial charge on any atom is 0.289 e. The lowest BCUT2D eigenvalue weighted by molar-refractivity contribution is -0.143. The number of hydrogen-bond donors (Lipinski definition) is 3. The van der Waals surface area contributed by atoms with Gasteiger partial charge >= 0.3 is 0 Å². The van der Waals surface area contributed by atoms with Crippen LogP contribution in [0.5, 0.6) is 0 Å². The van der Waals surface area contributed by atoms with Gasteiger partial charge in [0.1, 0.15) is 6.04 Å². The summed E-state index contributed by atoms with van der Waals surface area (Å²) in [5.74, 6) is -1.71. The number of nitrogens with zero attached hydrogens (tertiary/aromatic N) is 1. The first-order valence-corrected chi connectivity index (χ1v) is 13.1. The summed E-state index contributed by atoms with van der Waals surface area (Å²) >= 11 is 0. The fourth-order valence-corrected chi connectivity index (χ4v) is 5.07. The molecule has 0 aromatic carbocycles. The molecule has 2 saturated heterocycles. The van der Waals surface area contributed by atoms with Gasteiger partial charge in [0.2, 0.25) is 17.6 Å². The van der Waals surface area contributed by atoms with Gasteiger partial charge < -0.3 is 21.3 Å². The maximum absolute atomic E-state index is 13.5. The minimum Gasteiger partial charge on any atom is -0.346 e. The SMILES string of the molecule is C/C=C/CNC(=O)C(=O)[C@@H]1CCCCCCCCC[C@H](N)C(=O)N2CCC(C(C)C)[C@H]2C(=O)N1. The van der Waals surface area contributed by atoms with Crippen molar-refractivity contribution >= 4 is 23.5 Å². The molecule has 0 saturated carbocycles. The zero-order valence-corrected chi connectivity index (χ0v) is 21.2. The average Bonchev–Trinajstić information content (AvgIpc) is 3.26. The average molecular weight is 477 g/mol. The Labute approximate surface area is 204 Å². The Balaban J connectivity index is 2.25. The van der Waals surface area contributed by atoms with E-state index in [9.17, 15) is 19.2 Å². The fourth-order valence-electron chi connectivity index (χ4n) is 5.07. The zero-order valence-electron chi connectivity index (χ0n) is 21.2. The molecule has 34 heavy (non-hydrogen) atoms. The topological polar surface area (TPSA) is 122 Å². The highest BCUT2D eigenvalue weighted by Crippen LogP contribution is 2.32. The van der Waals surface area contributed by atoms with Gasteiger partial charge in [0.25, 0.3) is 5.91 Å². The van der Waals surface area contributed by atoms with Crippen molar-refractivity contribution in [3.63, 3.8) is 0 Å². The number of nitrogens with two attached hydrogens (primary N) is 1. The summed E-state index contributed by atoms with van der Waals surface area (Å²) in [6.07, 6.45) is 12.2. The Morgan fingerprint density at radius 1 is 1.06 bits per heavy atom.